The molecule has 5 nitrogen and oxygen atoms in total. The molecule has 0 spiro atoms. The molecule has 0 atom stereocenters. The molecule has 1 heterocycles. The number of aryl methyl sites for hydroxylation is 1. The maximum absolute atomic E-state index is 12.5. The fraction of sp³-hybridized carbons (Fsp3) is 0.227. The van der Waals surface area contributed by atoms with Crippen LogP contribution in [0.25, 0.3) is 0 Å². The molecule has 0 fully saturated rings. The zero-order valence-electron chi connectivity index (χ0n) is 15.9. The molecule has 3 rings (SSSR count). The summed E-state index contributed by atoms with van der Waals surface area (Å²) >= 11 is 0. The van der Waals surface area contributed by atoms with Gasteiger partial charge in [-0.3, -0.25) is 4.79 Å². The van der Waals surface area contributed by atoms with Gasteiger partial charge in [-0.2, -0.15) is 0 Å². The number of hydrogen-bond acceptors (Lipinski definition) is 4. The molecule has 1 N–H and O–H groups in total. The quantitative estimate of drug-likeness (QED) is 0.709. The molecule has 2 aromatic carbocycles. The number of aromatic nitrogens is 2. The average molecular weight is 360 g/mol. The van der Waals surface area contributed by atoms with Crippen LogP contribution < -0.4 is 10.2 Å². The van der Waals surface area contributed by atoms with Crippen LogP contribution in [0.1, 0.15) is 34.0 Å². The Bertz CT molecular complexity index is 907. The second-order valence-corrected chi connectivity index (χ2v) is 6.47. The van der Waals surface area contributed by atoms with Crippen molar-refractivity contribution < 1.29 is 4.79 Å². The van der Waals surface area contributed by atoms with Gasteiger partial charge in [-0.05, 0) is 43.5 Å². The molecule has 1 aromatic heterocycles. The molecule has 0 aliphatic heterocycles. The second-order valence-electron chi connectivity index (χ2n) is 6.47. The summed E-state index contributed by atoms with van der Waals surface area (Å²) in [6.07, 6.45) is 3.16. The summed E-state index contributed by atoms with van der Waals surface area (Å²) in [6, 6.07) is 16.0. The number of amides is 1. The lowest BCUT2D eigenvalue weighted by atomic mass is 10.1. The Morgan fingerprint density at radius 3 is 2.37 bits per heavy atom. The van der Waals surface area contributed by atoms with E-state index in [0.717, 1.165) is 29.9 Å². The van der Waals surface area contributed by atoms with Crippen LogP contribution in [0.3, 0.4) is 0 Å². The number of nitrogens with zero attached hydrogens (tertiary/aromatic N) is 3. The molecule has 0 aliphatic rings. The number of carbonyl (C=O) groups excluding carboxylic acids is 1. The van der Waals surface area contributed by atoms with Crippen LogP contribution in [0, 0.1) is 13.8 Å². The van der Waals surface area contributed by atoms with E-state index < -0.39 is 0 Å². The van der Waals surface area contributed by atoms with Crippen molar-refractivity contribution in [2.45, 2.75) is 27.3 Å². The Morgan fingerprint density at radius 2 is 1.70 bits per heavy atom. The third-order valence-corrected chi connectivity index (χ3v) is 4.63. The van der Waals surface area contributed by atoms with Gasteiger partial charge in [0, 0.05) is 31.2 Å². The van der Waals surface area contributed by atoms with Gasteiger partial charge in [0.1, 0.15) is 0 Å². The molecular formula is C22H24N4O. The topological polar surface area (TPSA) is 58.1 Å². The molecule has 138 valence electrons. The predicted octanol–water partition coefficient (Wildman–Crippen LogP) is 4.37. The normalized spacial score (nSPS) is 10.5. The van der Waals surface area contributed by atoms with Crippen LogP contribution in [-0.2, 0) is 6.54 Å². The highest BCUT2D eigenvalue weighted by atomic mass is 16.1. The van der Waals surface area contributed by atoms with E-state index in [1.807, 2.05) is 50.2 Å². The van der Waals surface area contributed by atoms with Crippen molar-refractivity contribution in [2.24, 2.45) is 0 Å². The summed E-state index contributed by atoms with van der Waals surface area (Å²) < 4.78 is 0. The number of nitrogens with one attached hydrogen (secondary N) is 1. The highest BCUT2D eigenvalue weighted by molar-refractivity contribution is 6.04. The SMILES string of the molecule is CCN(Cc1ccccc1)c1ncc(C(=O)Nc2cccc(C)c2C)cn1. The molecule has 0 radical (unpaired) electrons. The summed E-state index contributed by atoms with van der Waals surface area (Å²) in [4.78, 5) is 23.4. The first-order valence-corrected chi connectivity index (χ1v) is 9.07. The number of carbonyl (C=O) groups is 1. The van der Waals surface area contributed by atoms with E-state index in [1.165, 1.54) is 5.56 Å². The fourth-order valence-electron chi connectivity index (χ4n) is 2.81. The maximum Gasteiger partial charge on any atom is 0.258 e. The zero-order chi connectivity index (χ0) is 19.2. The lowest BCUT2D eigenvalue weighted by Crippen LogP contribution is -2.24. The first kappa shape index (κ1) is 18.6. The van der Waals surface area contributed by atoms with Crippen molar-refractivity contribution in [1.29, 1.82) is 0 Å². The summed E-state index contributed by atoms with van der Waals surface area (Å²) in [6.45, 7) is 7.59. The lowest BCUT2D eigenvalue weighted by Gasteiger charge is -2.20. The van der Waals surface area contributed by atoms with Gasteiger partial charge in [-0.1, -0.05) is 42.5 Å². The molecule has 3 aromatic rings. The van der Waals surface area contributed by atoms with E-state index in [2.05, 4.69) is 39.2 Å². The van der Waals surface area contributed by atoms with Gasteiger partial charge < -0.3 is 10.2 Å². The standard InChI is InChI=1S/C22H24N4O/c1-4-26(15-18-10-6-5-7-11-18)22-23-13-19(14-24-22)21(27)25-20-12-8-9-16(2)17(20)3/h5-14H,4,15H2,1-3H3,(H,25,27). The van der Waals surface area contributed by atoms with Gasteiger partial charge in [0.05, 0.1) is 5.56 Å². The fourth-order valence-corrected chi connectivity index (χ4v) is 2.81. The molecule has 5 heteroatoms. The van der Waals surface area contributed by atoms with Crippen LogP contribution in [-0.4, -0.2) is 22.4 Å². The third-order valence-electron chi connectivity index (χ3n) is 4.63. The minimum atomic E-state index is -0.207. The molecular weight excluding hydrogens is 336 g/mol. The molecule has 1 amide bonds. The van der Waals surface area contributed by atoms with E-state index in [1.54, 1.807) is 12.4 Å². The Labute approximate surface area is 160 Å². The average Bonchev–Trinajstić information content (AvgIpc) is 2.70. The maximum atomic E-state index is 12.5. The predicted molar refractivity (Wildman–Crippen MR) is 109 cm³/mol. The minimum Gasteiger partial charge on any atom is -0.337 e. The van der Waals surface area contributed by atoms with Crippen molar-refractivity contribution in [1.82, 2.24) is 9.97 Å². The van der Waals surface area contributed by atoms with Crippen LogP contribution in [0.5, 0.6) is 0 Å². The summed E-state index contributed by atoms with van der Waals surface area (Å²) in [7, 11) is 0. The largest absolute Gasteiger partial charge is 0.337 e. The van der Waals surface area contributed by atoms with Gasteiger partial charge in [-0.25, -0.2) is 9.97 Å². The third kappa shape index (κ3) is 4.50. The Kier molecular flexibility index (Phi) is 5.81. The van der Waals surface area contributed by atoms with Crippen LogP contribution >= 0.6 is 0 Å². The van der Waals surface area contributed by atoms with Crippen molar-refractivity contribution in [2.75, 3.05) is 16.8 Å². The summed E-state index contributed by atoms with van der Waals surface area (Å²) in [5.41, 5.74) is 4.64. The van der Waals surface area contributed by atoms with Crippen molar-refractivity contribution in [3.05, 3.63) is 83.2 Å². The Balaban J connectivity index is 1.72. The van der Waals surface area contributed by atoms with E-state index in [-0.39, 0.29) is 5.91 Å². The second kappa shape index (κ2) is 8.45. The molecule has 0 unspecified atom stereocenters. The van der Waals surface area contributed by atoms with Crippen LogP contribution in [0.15, 0.2) is 60.9 Å². The van der Waals surface area contributed by atoms with Crippen LogP contribution in [0.4, 0.5) is 11.6 Å². The van der Waals surface area contributed by atoms with E-state index in [4.69, 9.17) is 0 Å². The molecule has 27 heavy (non-hydrogen) atoms. The van der Waals surface area contributed by atoms with E-state index in [0.29, 0.717) is 11.5 Å². The van der Waals surface area contributed by atoms with Crippen molar-refractivity contribution in [3.63, 3.8) is 0 Å². The van der Waals surface area contributed by atoms with Gasteiger partial charge in [0.2, 0.25) is 5.95 Å². The number of anilines is 2. The van der Waals surface area contributed by atoms with E-state index in [9.17, 15) is 4.79 Å². The summed E-state index contributed by atoms with van der Waals surface area (Å²) in [5, 5.41) is 2.94. The van der Waals surface area contributed by atoms with Crippen molar-refractivity contribution >= 4 is 17.5 Å². The summed E-state index contributed by atoms with van der Waals surface area (Å²) in [5.74, 6) is 0.408. The molecule has 0 saturated heterocycles. The number of rotatable bonds is 6. The molecule has 0 aliphatic carbocycles. The monoisotopic (exact) mass is 360 g/mol. The Hall–Kier alpha value is -3.21. The highest BCUT2D eigenvalue weighted by Gasteiger charge is 2.12. The Morgan fingerprint density at radius 1 is 1.00 bits per heavy atom. The highest BCUT2D eigenvalue weighted by Crippen LogP contribution is 2.19. The molecule has 0 bridgehead atoms. The lowest BCUT2D eigenvalue weighted by molar-refractivity contribution is 0.102. The van der Waals surface area contributed by atoms with Crippen LogP contribution in [0.2, 0.25) is 0 Å². The molecule has 0 saturated carbocycles. The van der Waals surface area contributed by atoms with Gasteiger partial charge in [0.25, 0.3) is 5.91 Å². The zero-order valence-corrected chi connectivity index (χ0v) is 15.9. The number of hydrogen-bond donors (Lipinski definition) is 1. The van der Waals surface area contributed by atoms with Gasteiger partial charge in [-0.15, -0.1) is 0 Å². The van der Waals surface area contributed by atoms with Gasteiger partial charge in [0.15, 0.2) is 0 Å². The first-order valence-electron chi connectivity index (χ1n) is 9.07. The van der Waals surface area contributed by atoms with E-state index >= 15 is 0 Å². The minimum absolute atomic E-state index is 0.207. The first-order chi connectivity index (χ1) is 13.1. The number of benzene rings is 2. The smallest absolute Gasteiger partial charge is 0.258 e. The van der Waals surface area contributed by atoms with Gasteiger partial charge >= 0.3 is 0 Å². The van der Waals surface area contributed by atoms with Crippen molar-refractivity contribution in [3.8, 4) is 0 Å².